The van der Waals surface area contributed by atoms with Crippen LogP contribution >= 0.6 is 11.6 Å². The molecule has 2 rings (SSSR count). The van der Waals surface area contributed by atoms with Gasteiger partial charge in [-0.2, -0.15) is 0 Å². The van der Waals surface area contributed by atoms with Crippen molar-refractivity contribution in [3.63, 3.8) is 0 Å². The standard InChI is InChI=1S/C13H11ClFNO2S/c14-10-5-3-7-12(16)13(10)19(17,18)8-9-4-1-2-6-11(9)15/h1-7H,8,16H2. The van der Waals surface area contributed by atoms with Crippen LogP contribution in [0.1, 0.15) is 5.56 Å². The summed E-state index contributed by atoms with van der Waals surface area (Å²) in [7, 11) is -3.79. The molecule has 3 nitrogen and oxygen atoms in total. The Bertz CT molecular complexity index is 696. The highest BCUT2D eigenvalue weighted by atomic mass is 35.5. The molecule has 0 fully saturated rings. The number of sulfone groups is 1. The van der Waals surface area contributed by atoms with E-state index in [4.69, 9.17) is 17.3 Å². The van der Waals surface area contributed by atoms with Crippen LogP contribution < -0.4 is 5.73 Å². The van der Waals surface area contributed by atoms with Crippen LogP contribution in [0.15, 0.2) is 47.4 Å². The highest BCUT2D eigenvalue weighted by Gasteiger charge is 2.22. The fraction of sp³-hybridized carbons (Fsp3) is 0.0769. The smallest absolute Gasteiger partial charge is 0.186 e. The molecule has 0 aliphatic carbocycles. The van der Waals surface area contributed by atoms with Crippen molar-refractivity contribution < 1.29 is 12.8 Å². The molecule has 0 saturated carbocycles. The normalized spacial score (nSPS) is 11.5. The number of nitrogens with two attached hydrogens (primary N) is 1. The van der Waals surface area contributed by atoms with Crippen LogP contribution in [0.4, 0.5) is 10.1 Å². The number of nitrogen functional groups attached to an aromatic ring is 1. The summed E-state index contributed by atoms with van der Waals surface area (Å²) < 4.78 is 38.0. The Balaban J connectivity index is 2.47. The second kappa shape index (κ2) is 5.19. The quantitative estimate of drug-likeness (QED) is 0.886. The minimum atomic E-state index is -3.79. The predicted octanol–water partition coefficient (Wildman–Crippen LogP) is 3.04. The fourth-order valence-corrected chi connectivity index (χ4v) is 3.86. The van der Waals surface area contributed by atoms with Crippen molar-refractivity contribution in [1.29, 1.82) is 0 Å². The van der Waals surface area contributed by atoms with Gasteiger partial charge in [-0.15, -0.1) is 0 Å². The van der Waals surface area contributed by atoms with E-state index in [1.54, 1.807) is 12.1 Å². The lowest BCUT2D eigenvalue weighted by Gasteiger charge is -2.09. The lowest BCUT2D eigenvalue weighted by Crippen LogP contribution is -2.09. The molecule has 0 heterocycles. The molecule has 0 atom stereocenters. The summed E-state index contributed by atoms with van der Waals surface area (Å²) in [5, 5.41) is 0.0383. The molecular formula is C13H11ClFNO2S. The molecule has 0 radical (unpaired) electrons. The third-order valence-electron chi connectivity index (χ3n) is 2.61. The maximum atomic E-state index is 13.5. The van der Waals surface area contributed by atoms with Crippen LogP contribution in [-0.4, -0.2) is 8.42 Å². The van der Waals surface area contributed by atoms with Crippen LogP contribution in [0, 0.1) is 5.82 Å². The third-order valence-corrected chi connectivity index (χ3v) is 4.81. The number of benzene rings is 2. The summed E-state index contributed by atoms with van der Waals surface area (Å²) in [5.41, 5.74) is 5.79. The molecule has 0 bridgehead atoms. The van der Waals surface area contributed by atoms with Gasteiger partial charge >= 0.3 is 0 Å². The molecule has 0 aromatic heterocycles. The molecule has 2 N–H and O–H groups in total. The largest absolute Gasteiger partial charge is 0.398 e. The van der Waals surface area contributed by atoms with Gasteiger partial charge in [0, 0.05) is 5.56 Å². The minimum Gasteiger partial charge on any atom is -0.398 e. The summed E-state index contributed by atoms with van der Waals surface area (Å²) in [5.74, 6) is -1.05. The molecule has 100 valence electrons. The molecule has 0 spiro atoms. The second-order valence-electron chi connectivity index (χ2n) is 4.01. The Kier molecular flexibility index (Phi) is 3.78. The van der Waals surface area contributed by atoms with Crippen molar-refractivity contribution in [1.82, 2.24) is 0 Å². The molecule has 0 aliphatic rings. The van der Waals surface area contributed by atoms with Crippen molar-refractivity contribution in [3.8, 4) is 0 Å². The third kappa shape index (κ3) is 2.88. The van der Waals surface area contributed by atoms with E-state index in [0.29, 0.717) is 0 Å². The molecule has 0 aliphatic heterocycles. The molecule has 0 amide bonds. The van der Waals surface area contributed by atoms with Crippen molar-refractivity contribution in [2.24, 2.45) is 0 Å². The first kappa shape index (κ1) is 13.8. The van der Waals surface area contributed by atoms with Crippen LogP contribution in [0.5, 0.6) is 0 Å². The van der Waals surface area contributed by atoms with Gasteiger partial charge in [0.25, 0.3) is 0 Å². The van der Waals surface area contributed by atoms with E-state index in [-0.39, 0.29) is 21.2 Å². The zero-order chi connectivity index (χ0) is 14.0. The van der Waals surface area contributed by atoms with E-state index in [1.807, 2.05) is 0 Å². The Morgan fingerprint density at radius 2 is 1.79 bits per heavy atom. The molecule has 6 heteroatoms. The Hall–Kier alpha value is -1.59. The van der Waals surface area contributed by atoms with Crippen LogP contribution in [-0.2, 0) is 15.6 Å². The topological polar surface area (TPSA) is 60.2 Å². The summed E-state index contributed by atoms with van der Waals surface area (Å²) in [6, 6.07) is 10.1. The maximum absolute atomic E-state index is 13.5. The van der Waals surface area contributed by atoms with E-state index in [2.05, 4.69) is 0 Å². The number of hydrogen-bond donors (Lipinski definition) is 1. The van der Waals surface area contributed by atoms with Crippen LogP contribution in [0.3, 0.4) is 0 Å². The summed E-state index contributed by atoms with van der Waals surface area (Å²) in [6.45, 7) is 0. The first-order valence-electron chi connectivity index (χ1n) is 5.42. The lowest BCUT2D eigenvalue weighted by atomic mass is 10.2. The van der Waals surface area contributed by atoms with Gasteiger partial charge in [0.1, 0.15) is 10.7 Å². The highest BCUT2D eigenvalue weighted by Crippen LogP contribution is 2.30. The van der Waals surface area contributed by atoms with Gasteiger partial charge in [-0.3, -0.25) is 0 Å². The second-order valence-corrected chi connectivity index (χ2v) is 6.34. The number of rotatable bonds is 3. The van der Waals surface area contributed by atoms with Gasteiger partial charge in [0.05, 0.1) is 16.5 Å². The van der Waals surface area contributed by atoms with Crippen molar-refractivity contribution in [3.05, 3.63) is 58.9 Å². The first-order chi connectivity index (χ1) is 8.92. The van der Waals surface area contributed by atoms with Crippen LogP contribution in [0.2, 0.25) is 5.02 Å². The number of halogens is 2. The molecule has 0 saturated heterocycles. The monoisotopic (exact) mass is 299 g/mol. The average molecular weight is 300 g/mol. The van der Waals surface area contributed by atoms with Crippen molar-refractivity contribution >= 4 is 27.1 Å². The molecule has 0 unspecified atom stereocenters. The average Bonchev–Trinajstić information content (AvgIpc) is 2.31. The van der Waals surface area contributed by atoms with E-state index >= 15 is 0 Å². The Labute approximate surface area is 115 Å². The molecule has 19 heavy (non-hydrogen) atoms. The summed E-state index contributed by atoms with van der Waals surface area (Å²) in [4.78, 5) is -0.153. The van der Waals surface area contributed by atoms with Gasteiger partial charge < -0.3 is 5.73 Å². The van der Waals surface area contributed by atoms with E-state index in [1.165, 1.54) is 30.3 Å². The van der Waals surface area contributed by atoms with E-state index in [0.717, 1.165) is 0 Å². The zero-order valence-corrected chi connectivity index (χ0v) is 11.4. The first-order valence-corrected chi connectivity index (χ1v) is 7.45. The van der Waals surface area contributed by atoms with Gasteiger partial charge in [-0.25, -0.2) is 12.8 Å². The lowest BCUT2D eigenvalue weighted by molar-refractivity contribution is 0.587. The van der Waals surface area contributed by atoms with Crippen molar-refractivity contribution in [2.45, 2.75) is 10.6 Å². The molecular weight excluding hydrogens is 289 g/mol. The van der Waals surface area contributed by atoms with E-state index < -0.39 is 21.4 Å². The van der Waals surface area contributed by atoms with Gasteiger partial charge in [0.2, 0.25) is 0 Å². The molecule has 2 aromatic carbocycles. The Morgan fingerprint density at radius 3 is 2.42 bits per heavy atom. The highest BCUT2D eigenvalue weighted by molar-refractivity contribution is 7.91. The number of hydrogen-bond acceptors (Lipinski definition) is 3. The molecule has 2 aromatic rings. The summed E-state index contributed by atoms with van der Waals surface area (Å²) >= 11 is 5.87. The summed E-state index contributed by atoms with van der Waals surface area (Å²) in [6.07, 6.45) is 0. The van der Waals surface area contributed by atoms with Gasteiger partial charge in [0.15, 0.2) is 9.84 Å². The van der Waals surface area contributed by atoms with Gasteiger partial charge in [-0.05, 0) is 18.2 Å². The Morgan fingerprint density at radius 1 is 1.11 bits per heavy atom. The minimum absolute atomic E-state index is 0.0383. The van der Waals surface area contributed by atoms with E-state index in [9.17, 15) is 12.8 Å². The fourth-order valence-electron chi connectivity index (χ4n) is 1.75. The van der Waals surface area contributed by atoms with Crippen LogP contribution in [0.25, 0.3) is 0 Å². The predicted molar refractivity (Wildman–Crippen MR) is 73.2 cm³/mol. The van der Waals surface area contributed by atoms with Gasteiger partial charge in [-0.1, -0.05) is 35.9 Å². The zero-order valence-electron chi connectivity index (χ0n) is 9.81. The van der Waals surface area contributed by atoms with Crippen molar-refractivity contribution in [2.75, 3.05) is 5.73 Å². The number of anilines is 1. The maximum Gasteiger partial charge on any atom is 0.186 e. The SMILES string of the molecule is Nc1cccc(Cl)c1S(=O)(=O)Cc1ccccc1F.